The standard InChI is InChI=1S/C29H50O5/c1-7-17(15(2)3)27(34)26(33)16(4)19-8-9-20-18-12-23(30)22-13-24(31)25(32)14-29(22,6)21(18)10-11-28(19,20)5/h15-22,24-27,31-34H,7-14H2,1-6H3/t16-,17-,18-,19+,20-,21-,22?,24?,25?,26?,27?,28+,29+/m0/s1. The van der Waals surface area contributed by atoms with Gasteiger partial charge in [-0.3, -0.25) is 4.79 Å². The molecule has 4 fully saturated rings. The second-order valence-electron chi connectivity index (χ2n) is 13.6. The van der Waals surface area contributed by atoms with Crippen LogP contribution in [-0.2, 0) is 4.79 Å². The maximum atomic E-state index is 13.4. The molecule has 0 aromatic rings. The summed E-state index contributed by atoms with van der Waals surface area (Å²) in [5.74, 6) is 2.12. The Hall–Kier alpha value is -0.490. The van der Waals surface area contributed by atoms with E-state index in [1.54, 1.807) is 0 Å². The van der Waals surface area contributed by atoms with E-state index in [2.05, 4.69) is 41.5 Å². The lowest BCUT2D eigenvalue weighted by molar-refractivity contribution is -0.175. The van der Waals surface area contributed by atoms with Crippen LogP contribution in [0.15, 0.2) is 0 Å². The van der Waals surface area contributed by atoms with Crippen LogP contribution in [0.5, 0.6) is 0 Å². The van der Waals surface area contributed by atoms with E-state index in [0.29, 0.717) is 48.9 Å². The van der Waals surface area contributed by atoms with Gasteiger partial charge in [-0.1, -0.05) is 48.0 Å². The molecule has 4 aliphatic carbocycles. The monoisotopic (exact) mass is 478 g/mol. The van der Waals surface area contributed by atoms with Gasteiger partial charge in [-0.2, -0.15) is 0 Å². The molecule has 4 rings (SSSR count). The van der Waals surface area contributed by atoms with Crippen molar-refractivity contribution in [1.29, 1.82) is 0 Å². The Bertz CT molecular complexity index is 753. The average molecular weight is 479 g/mol. The maximum Gasteiger partial charge on any atom is 0.136 e. The van der Waals surface area contributed by atoms with Crippen LogP contribution in [-0.4, -0.2) is 50.6 Å². The van der Waals surface area contributed by atoms with E-state index < -0.39 is 24.4 Å². The molecule has 0 bridgehead atoms. The van der Waals surface area contributed by atoms with Crippen LogP contribution in [0.4, 0.5) is 0 Å². The van der Waals surface area contributed by atoms with Crippen LogP contribution in [0.25, 0.3) is 0 Å². The topological polar surface area (TPSA) is 98.0 Å². The minimum atomic E-state index is -0.783. The maximum absolute atomic E-state index is 13.4. The molecule has 5 heteroatoms. The molecule has 0 aromatic carbocycles. The van der Waals surface area contributed by atoms with Crippen LogP contribution in [0.3, 0.4) is 0 Å². The minimum absolute atomic E-state index is 0.0172. The zero-order valence-corrected chi connectivity index (χ0v) is 22.3. The van der Waals surface area contributed by atoms with Gasteiger partial charge in [0.2, 0.25) is 0 Å². The molecule has 4 aliphatic rings. The van der Waals surface area contributed by atoms with Crippen molar-refractivity contribution in [1.82, 2.24) is 0 Å². The number of hydrogen-bond donors (Lipinski definition) is 4. The first-order valence-corrected chi connectivity index (χ1v) is 14.1. The van der Waals surface area contributed by atoms with E-state index >= 15 is 0 Å². The molecule has 196 valence electrons. The summed E-state index contributed by atoms with van der Waals surface area (Å²) in [6, 6.07) is 0. The Balaban J connectivity index is 1.55. The second kappa shape index (κ2) is 9.43. The lowest BCUT2D eigenvalue weighted by Crippen LogP contribution is -2.59. The minimum Gasteiger partial charge on any atom is -0.390 e. The van der Waals surface area contributed by atoms with Crippen LogP contribution in [0, 0.1) is 58.2 Å². The van der Waals surface area contributed by atoms with Crippen molar-refractivity contribution in [2.24, 2.45) is 58.2 Å². The van der Waals surface area contributed by atoms with Crippen LogP contribution < -0.4 is 0 Å². The summed E-state index contributed by atoms with van der Waals surface area (Å²) >= 11 is 0. The highest BCUT2D eigenvalue weighted by Gasteiger charge is 2.63. The highest BCUT2D eigenvalue weighted by Crippen LogP contribution is 2.67. The fraction of sp³-hybridized carbons (Fsp3) is 0.966. The first kappa shape index (κ1) is 26.6. The van der Waals surface area contributed by atoms with Crippen LogP contribution in [0.2, 0.25) is 0 Å². The molecule has 0 heterocycles. The highest BCUT2D eigenvalue weighted by molar-refractivity contribution is 5.83. The normalized spacial score (nSPS) is 48.0. The number of ketones is 1. The van der Waals surface area contributed by atoms with E-state index in [-0.39, 0.29) is 34.4 Å². The first-order valence-electron chi connectivity index (χ1n) is 14.1. The van der Waals surface area contributed by atoms with Gasteiger partial charge in [0.1, 0.15) is 5.78 Å². The Kier molecular flexibility index (Phi) is 7.37. The van der Waals surface area contributed by atoms with Crippen molar-refractivity contribution in [3.63, 3.8) is 0 Å². The summed E-state index contributed by atoms with van der Waals surface area (Å²) in [6.45, 7) is 13.1. The molecule has 0 radical (unpaired) electrons. The molecule has 34 heavy (non-hydrogen) atoms. The molecule has 4 N–H and O–H groups in total. The molecule has 5 unspecified atom stereocenters. The molecule has 0 aromatic heterocycles. The van der Waals surface area contributed by atoms with Crippen LogP contribution in [0.1, 0.15) is 92.9 Å². The number of aliphatic hydroxyl groups excluding tert-OH is 4. The SMILES string of the molecule is CC[C@@H](C(C)C)C(O)C(O)[C@@H](C)[C@H]1CC[C@H]2[C@@H]3CC(=O)C4CC(O)C(O)C[C@]4(C)[C@H]3CC[C@]12C. The molecule has 0 aliphatic heterocycles. The largest absolute Gasteiger partial charge is 0.390 e. The van der Waals surface area contributed by atoms with Gasteiger partial charge in [0.25, 0.3) is 0 Å². The van der Waals surface area contributed by atoms with Crippen molar-refractivity contribution < 1.29 is 25.2 Å². The zero-order chi connectivity index (χ0) is 25.2. The summed E-state index contributed by atoms with van der Waals surface area (Å²) in [6.07, 6.45) is 3.69. The molecule has 4 saturated carbocycles. The Morgan fingerprint density at radius 2 is 1.59 bits per heavy atom. The molecule has 0 saturated heterocycles. The Morgan fingerprint density at radius 1 is 0.941 bits per heavy atom. The van der Waals surface area contributed by atoms with Gasteiger partial charge in [-0.25, -0.2) is 0 Å². The number of carbonyl (C=O) groups is 1. The third-order valence-corrected chi connectivity index (χ3v) is 11.8. The van der Waals surface area contributed by atoms with Crippen molar-refractivity contribution in [2.45, 2.75) is 117 Å². The van der Waals surface area contributed by atoms with Crippen molar-refractivity contribution in [3.05, 3.63) is 0 Å². The van der Waals surface area contributed by atoms with Gasteiger partial charge in [0, 0.05) is 12.3 Å². The molecular weight excluding hydrogens is 428 g/mol. The van der Waals surface area contributed by atoms with Crippen molar-refractivity contribution in [3.8, 4) is 0 Å². The number of rotatable bonds is 6. The highest BCUT2D eigenvalue weighted by atomic mass is 16.3. The third-order valence-electron chi connectivity index (χ3n) is 11.8. The summed E-state index contributed by atoms with van der Waals surface area (Å²) in [5.41, 5.74) is -0.165. The molecule has 0 spiro atoms. The van der Waals surface area contributed by atoms with E-state index in [1.165, 1.54) is 0 Å². The lowest BCUT2D eigenvalue weighted by atomic mass is 9.44. The van der Waals surface area contributed by atoms with E-state index in [9.17, 15) is 25.2 Å². The molecule has 0 amide bonds. The molecule has 13 atom stereocenters. The quantitative estimate of drug-likeness (QED) is 0.459. The number of aliphatic hydroxyl groups is 4. The predicted molar refractivity (Wildman–Crippen MR) is 133 cm³/mol. The van der Waals surface area contributed by atoms with Gasteiger partial charge >= 0.3 is 0 Å². The van der Waals surface area contributed by atoms with Gasteiger partial charge in [-0.15, -0.1) is 0 Å². The summed E-state index contributed by atoms with van der Waals surface area (Å²) < 4.78 is 0. The second-order valence-corrected chi connectivity index (χ2v) is 13.6. The van der Waals surface area contributed by atoms with Crippen molar-refractivity contribution >= 4 is 5.78 Å². The fourth-order valence-electron chi connectivity index (χ4n) is 9.89. The van der Waals surface area contributed by atoms with E-state index in [0.717, 1.165) is 32.1 Å². The van der Waals surface area contributed by atoms with Gasteiger partial charge in [0.15, 0.2) is 0 Å². The number of hydrogen-bond acceptors (Lipinski definition) is 5. The number of Topliss-reactive ketones (excluding diaryl/α,β-unsaturated/α-hetero) is 1. The number of fused-ring (bicyclic) bond motifs is 5. The van der Waals surface area contributed by atoms with E-state index in [4.69, 9.17) is 0 Å². The first-order chi connectivity index (χ1) is 15.9. The lowest BCUT2D eigenvalue weighted by Gasteiger charge is -2.61. The van der Waals surface area contributed by atoms with Gasteiger partial charge in [0.05, 0.1) is 24.4 Å². The Labute approximate surface area is 206 Å². The third kappa shape index (κ3) is 4.01. The molecular formula is C29H50O5. The fourth-order valence-corrected chi connectivity index (χ4v) is 9.89. The smallest absolute Gasteiger partial charge is 0.136 e. The summed E-state index contributed by atoms with van der Waals surface area (Å²) in [4.78, 5) is 13.4. The Morgan fingerprint density at radius 3 is 2.21 bits per heavy atom. The summed E-state index contributed by atoms with van der Waals surface area (Å²) in [5, 5.41) is 43.1. The van der Waals surface area contributed by atoms with Gasteiger partial charge < -0.3 is 20.4 Å². The average Bonchev–Trinajstić information content (AvgIpc) is 3.12. The van der Waals surface area contributed by atoms with Gasteiger partial charge in [-0.05, 0) is 90.8 Å². The zero-order valence-electron chi connectivity index (χ0n) is 22.3. The predicted octanol–water partition coefficient (Wildman–Crippen LogP) is 4.20. The van der Waals surface area contributed by atoms with E-state index in [1.807, 2.05) is 0 Å². The number of carbonyl (C=O) groups excluding carboxylic acids is 1. The molecule has 5 nitrogen and oxygen atoms in total. The van der Waals surface area contributed by atoms with Crippen molar-refractivity contribution in [2.75, 3.05) is 0 Å². The summed E-state index contributed by atoms with van der Waals surface area (Å²) in [7, 11) is 0. The van der Waals surface area contributed by atoms with Crippen LogP contribution >= 0.6 is 0 Å².